The van der Waals surface area contributed by atoms with Crippen molar-refractivity contribution in [2.75, 3.05) is 13.6 Å². The highest BCUT2D eigenvalue weighted by atomic mass is 32.2. The van der Waals surface area contributed by atoms with Crippen molar-refractivity contribution in [3.63, 3.8) is 0 Å². The first kappa shape index (κ1) is 9.58. The van der Waals surface area contributed by atoms with Crippen molar-refractivity contribution in [1.82, 2.24) is 14.5 Å². The number of carbonyl (C=O) groups excluding carboxylic acids is 1. The molecular formula is C9H13N3OS. The van der Waals surface area contributed by atoms with Gasteiger partial charge in [-0.05, 0) is 6.42 Å². The molecule has 1 saturated heterocycles. The van der Waals surface area contributed by atoms with Crippen molar-refractivity contribution < 1.29 is 4.79 Å². The molecule has 1 amide bonds. The fourth-order valence-corrected chi connectivity index (χ4v) is 2.60. The molecule has 0 saturated carbocycles. The first-order valence-corrected chi connectivity index (χ1v) is 5.45. The number of aryl methyl sites for hydroxylation is 1. The number of hydrogen-bond donors (Lipinski definition) is 0. The Bertz CT molecular complexity index is 350. The molecule has 1 aliphatic rings. The maximum absolute atomic E-state index is 11.6. The third-order valence-corrected chi connectivity index (χ3v) is 3.73. The molecule has 0 N–H and O–H groups in total. The van der Waals surface area contributed by atoms with Gasteiger partial charge in [0.1, 0.15) is 0 Å². The van der Waals surface area contributed by atoms with Crippen LogP contribution in [0.2, 0.25) is 0 Å². The van der Waals surface area contributed by atoms with Gasteiger partial charge in [0.05, 0.1) is 5.25 Å². The molecule has 1 aromatic heterocycles. The maximum Gasteiger partial charge on any atom is 0.235 e. The number of thioether (sulfide) groups is 1. The highest BCUT2D eigenvalue weighted by Gasteiger charge is 2.30. The third kappa shape index (κ3) is 1.64. The number of hydrogen-bond acceptors (Lipinski definition) is 3. The number of likely N-dealkylation sites (tertiary alicyclic amines) is 1. The number of carbonyl (C=O) groups is 1. The lowest BCUT2D eigenvalue weighted by molar-refractivity contribution is -0.126. The van der Waals surface area contributed by atoms with Crippen molar-refractivity contribution in [2.45, 2.75) is 16.8 Å². The number of rotatable bonds is 2. The van der Waals surface area contributed by atoms with E-state index in [9.17, 15) is 4.79 Å². The van der Waals surface area contributed by atoms with Crippen LogP contribution in [0.3, 0.4) is 0 Å². The minimum atomic E-state index is 0.0566. The van der Waals surface area contributed by atoms with Gasteiger partial charge in [-0.1, -0.05) is 11.8 Å². The van der Waals surface area contributed by atoms with Crippen LogP contribution in [0, 0.1) is 0 Å². The summed E-state index contributed by atoms with van der Waals surface area (Å²) in [7, 11) is 3.79. The zero-order valence-electron chi connectivity index (χ0n) is 8.30. The Morgan fingerprint density at radius 3 is 2.86 bits per heavy atom. The number of aromatic nitrogens is 2. The van der Waals surface area contributed by atoms with E-state index in [0.717, 1.165) is 18.1 Å². The van der Waals surface area contributed by atoms with E-state index in [4.69, 9.17) is 0 Å². The van der Waals surface area contributed by atoms with Gasteiger partial charge in [-0.15, -0.1) is 0 Å². The molecule has 2 rings (SSSR count). The molecule has 1 atom stereocenters. The van der Waals surface area contributed by atoms with Crippen LogP contribution >= 0.6 is 11.8 Å². The SMILES string of the molecule is CN1CCC(Sc2nccn2C)C1=O. The summed E-state index contributed by atoms with van der Waals surface area (Å²) in [6.07, 6.45) is 4.57. The summed E-state index contributed by atoms with van der Waals surface area (Å²) < 4.78 is 1.94. The van der Waals surface area contributed by atoms with Crippen LogP contribution in [0.1, 0.15) is 6.42 Å². The van der Waals surface area contributed by atoms with Gasteiger partial charge in [0, 0.05) is 33.0 Å². The molecule has 0 aromatic carbocycles. The summed E-state index contributed by atoms with van der Waals surface area (Å²) in [6, 6.07) is 0. The van der Waals surface area contributed by atoms with Crippen molar-refractivity contribution >= 4 is 17.7 Å². The van der Waals surface area contributed by atoms with Crippen LogP contribution in [0.5, 0.6) is 0 Å². The molecule has 1 unspecified atom stereocenters. The van der Waals surface area contributed by atoms with E-state index in [2.05, 4.69) is 4.98 Å². The Morgan fingerprint density at radius 1 is 1.57 bits per heavy atom. The Labute approximate surface area is 87.3 Å². The van der Waals surface area contributed by atoms with E-state index in [1.54, 1.807) is 22.9 Å². The quantitative estimate of drug-likeness (QED) is 0.724. The monoisotopic (exact) mass is 211 g/mol. The van der Waals surface area contributed by atoms with Gasteiger partial charge >= 0.3 is 0 Å². The van der Waals surface area contributed by atoms with Crippen LogP contribution in [-0.2, 0) is 11.8 Å². The molecule has 14 heavy (non-hydrogen) atoms. The Balaban J connectivity index is 2.06. The van der Waals surface area contributed by atoms with Crippen molar-refractivity contribution in [1.29, 1.82) is 0 Å². The largest absolute Gasteiger partial charge is 0.345 e. The minimum absolute atomic E-state index is 0.0566. The van der Waals surface area contributed by atoms with E-state index in [0.29, 0.717) is 0 Å². The van der Waals surface area contributed by atoms with E-state index in [1.807, 2.05) is 24.9 Å². The predicted molar refractivity (Wildman–Crippen MR) is 55.1 cm³/mol. The van der Waals surface area contributed by atoms with E-state index >= 15 is 0 Å². The van der Waals surface area contributed by atoms with Gasteiger partial charge in [0.15, 0.2) is 5.16 Å². The lowest BCUT2D eigenvalue weighted by Gasteiger charge is -2.09. The number of amides is 1. The molecule has 0 spiro atoms. The van der Waals surface area contributed by atoms with Crippen LogP contribution in [0.4, 0.5) is 0 Å². The lowest BCUT2D eigenvalue weighted by atomic mass is 10.4. The number of imidazole rings is 1. The summed E-state index contributed by atoms with van der Waals surface area (Å²) in [5.74, 6) is 0.220. The zero-order valence-corrected chi connectivity index (χ0v) is 9.12. The molecule has 2 heterocycles. The Morgan fingerprint density at radius 2 is 2.36 bits per heavy atom. The van der Waals surface area contributed by atoms with Gasteiger partial charge < -0.3 is 9.47 Å². The topological polar surface area (TPSA) is 38.1 Å². The van der Waals surface area contributed by atoms with Crippen LogP contribution in [-0.4, -0.2) is 39.2 Å². The minimum Gasteiger partial charge on any atom is -0.345 e. The molecule has 1 fully saturated rings. The standard InChI is InChI=1S/C9H13N3OS/c1-11-5-3-7(8(11)13)14-9-10-4-6-12(9)2/h4,6-7H,3,5H2,1-2H3. The molecule has 1 aromatic rings. The van der Waals surface area contributed by atoms with E-state index < -0.39 is 0 Å². The molecular weight excluding hydrogens is 198 g/mol. The second kappa shape index (κ2) is 3.65. The Hall–Kier alpha value is -0.970. The molecule has 5 heteroatoms. The summed E-state index contributed by atoms with van der Waals surface area (Å²) >= 11 is 1.56. The molecule has 76 valence electrons. The molecule has 1 aliphatic heterocycles. The van der Waals surface area contributed by atoms with Gasteiger partial charge in [-0.3, -0.25) is 4.79 Å². The highest BCUT2D eigenvalue weighted by Crippen LogP contribution is 2.28. The average Bonchev–Trinajstić information content (AvgIpc) is 2.68. The van der Waals surface area contributed by atoms with Gasteiger partial charge in [-0.2, -0.15) is 0 Å². The molecule has 4 nitrogen and oxygen atoms in total. The predicted octanol–water partition coefficient (Wildman–Crippen LogP) is 0.743. The fraction of sp³-hybridized carbons (Fsp3) is 0.556. The maximum atomic E-state index is 11.6. The van der Waals surface area contributed by atoms with Gasteiger partial charge in [0.25, 0.3) is 0 Å². The van der Waals surface area contributed by atoms with Crippen LogP contribution in [0.25, 0.3) is 0 Å². The lowest BCUT2D eigenvalue weighted by Crippen LogP contribution is -2.23. The summed E-state index contributed by atoms with van der Waals surface area (Å²) in [6.45, 7) is 0.862. The van der Waals surface area contributed by atoms with Crippen LogP contribution in [0.15, 0.2) is 17.6 Å². The Kier molecular flexibility index (Phi) is 2.50. The van der Waals surface area contributed by atoms with Crippen molar-refractivity contribution in [2.24, 2.45) is 7.05 Å². The average molecular weight is 211 g/mol. The van der Waals surface area contributed by atoms with Crippen molar-refractivity contribution in [3.05, 3.63) is 12.4 Å². The summed E-state index contributed by atoms with van der Waals surface area (Å²) in [5.41, 5.74) is 0. The zero-order chi connectivity index (χ0) is 10.1. The summed E-state index contributed by atoms with van der Waals surface area (Å²) in [5, 5.41) is 0.972. The first-order chi connectivity index (χ1) is 6.68. The molecule has 0 bridgehead atoms. The highest BCUT2D eigenvalue weighted by molar-refractivity contribution is 8.00. The molecule has 0 aliphatic carbocycles. The first-order valence-electron chi connectivity index (χ1n) is 4.57. The van der Waals surface area contributed by atoms with E-state index in [1.165, 1.54) is 0 Å². The second-order valence-electron chi connectivity index (χ2n) is 3.48. The number of nitrogens with zero attached hydrogens (tertiary/aromatic N) is 3. The smallest absolute Gasteiger partial charge is 0.235 e. The summed E-state index contributed by atoms with van der Waals surface area (Å²) in [4.78, 5) is 17.6. The van der Waals surface area contributed by atoms with Crippen LogP contribution < -0.4 is 0 Å². The normalized spacial score (nSPS) is 22.0. The van der Waals surface area contributed by atoms with Crippen molar-refractivity contribution in [3.8, 4) is 0 Å². The van der Waals surface area contributed by atoms with E-state index in [-0.39, 0.29) is 11.2 Å². The molecule has 0 radical (unpaired) electrons. The second-order valence-corrected chi connectivity index (χ2v) is 4.65. The van der Waals surface area contributed by atoms with Gasteiger partial charge in [-0.25, -0.2) is 4.98 Å². The van der Waals surface area contributed by atoms with Gasteiger partial charge in [0.2, 0.25) is 5.91 Å². The third-order valence-electron chi connectivity index (χ3n) is 2.40. The fourth-order valence-electron chi connectivity index (χ4n) is 1.49.